The Bertz CT molecular complexity index is 1230. The fourth-order valence-corrected chi connectivity index (χ4v) is 6.88. The number of aliphatic hydroxyl groups is 2. The molecule has 40 heavy (non-hydrogen) atoms. The summed E-state index contributed by atoms with van der Waals surface area (Å²) < 4.78 is 5.89. The van der Waals surface area contributed by atoms with Crippen molar-refractivity contribution >= 4 is 29.8 Å². The van der Waals surface area contributed by atoms with Crippen LogP contribution in [0.2, 0.25) is 0 Å². The standard InChI is InChI=1S/C26H34N8O6/c27-22-30-20-17(12-33-18(36)6-7-19(33)37)29-23(28)34-13-25(14-35,21(38)26(20,34)31-22)40-24(39)32-9-8-16(11-32)10-15-4-2-1-3-5-15/h1-5,16-17,20-21,35,38H,6-14H2,(H2,28,29)(H3,27,30,31)/t16?,17-,20-,21+,25+,26?/m0/s1. The zero-order valence-corrected chi connectivity index (χ0v) is 21.9. The highest BCUT2D eigenvalue weighted by Gasteiger charge is 2.72. The zero-order chi connectivity index (χ0) is 28.2. The molecule has 0 bridgehead atoms. The summed E-state index contributed by atoms with van der Waals surface area (Å²) in [6, 6.07) is 8.48. The van der Waals surface area contributed by atoms with Crippen molar-refractivity contribution in [2.24, 2.45) is 5.92 Å². The molecule has 2 unspecified atom stereocenters. The second-order valence-corrected chi connectivity index (χ2v) is 11.3. The fourth-order valence-electron chi connectivity index (χ4n) is 6.88. The number of rotatable bonds is 6. The SMILES string of the molecule is N=C1N[C@H]2[C@H](CN3C(=O)CCC3=O)NC(=N)N3C[C@](CO)(OC(=O)N4CCC(Cc5ccccc5)C4)[C@@H](O)C23N1. The van der Waals surface area contributed by atoms with Crippen molar-refractivity contribution in [1.82, 2.24) is 30.7 Å². The van der Waals surface area contributed by atoms with Crippen LogP contribution < -0.4 is 16.0 Å². The van der Waals surface area contributed by atoms with Gasteiger partial charge in [0.05, 0.1) is 31.8 Å². The van der Waals surface area contributed by atoms with Gasteiger partial charge in [-0.05, 0) is 24.3 Å². The molecule has 1 aromatic rings. The van der Waals surface area contributed by atoms with Gasteiger partial charge in [0.2, 0.25) is 11.8 Å². The van der Waals surface area contributed by atoms with Crippen LogP contribution in [0.25, 0.3) is 0 Å². The summed E-state index contributed by atoms with van der Waals surface area (Å²) in [7, 11) is 0. The lowest BCUT2D eigenvalue weighted by Gasteiger charge is -2.49. The third kappa shape index (κ3) is 4.04. The summed E-state index contributed by atoms with van der Waals surface area (Å²) >= 11 is 0. The fraction of sp³-hybridized carbons (Fsp3) is 0.577. The minimum atomic E-state index is -1.80. The van der Waals surface area contributed by atoms with E-state index in [1.807, 2.05) is 18.2 Å². The molecule has 3 amide bonds. The first-order valence-electron chi connectivity index (χ1n) is 13.6. The number of benzene rings is 1. The normalized spacial score (nSPS) is 34.9. The van der Waals surface area contributed by atoms with Gasteiger partial charge in [-0.2, -0.15) is 0 Å². The predicted octanol–water partition coefficient (Wildman–Crippen LogP) is -1.66. The Morgan fingerprint density at radius 1 is 1.12 bits per heavy atom. The molecule has 0 saturated carbocycles. The highest BCUT2D eigenvalue weighted by atomic mass is 16.6. The Hall–Kier alpha value is -3.91. The first-order chi connectivity index (χ1) is 19.2. The van der Waals surface area contributed by atoms with Crippen LogP contribution in [0.5, 0.6) is 0 Å². The third-order valence-corrected chi connectivity index (χ3v) is 8.88. The molecule has 5 saturated heterocycles. The van der Waals surface area contributed by atoms with Crippen molar-refractivity contribution in [2.45, 2.75) is 55.1 Å². The van der Waals surface area contributed by atoms with E-state index < -0.39 is 42.2 Å². The molecule has 6 rings (SSSR count). The molecule has 5 heterocycles. The number of guanidine groups is 2. The Morgan fingerprint density at radius 3 is 2.55 bits per heavy atom. The molecular formula is C26H34N8O6. The van der Waals surface area contributed by atoms with Crippen LogP contribution in [0.4, 0.5) is 4.79 Å². The van der Waals surface area contributed by atoms with Crippen LogP contribution in [0.3, 0.4) is 0 Å². The minimum Gasteiger partial charge on any atom is -0.435 e. The van der Waals surface area contributed by atoms with E-state index in [0.717, 1.165) is 17.7 Å². The van der Waals surface area contributed by atoms with E-state index in [9.17, 15) is 24.6 Å². The largest absolute Gasteiger partial charge is 0.435 e. The number of amides is 3. The van der Waals surface area contributed by atoms with Crippen molar-refractivity contribution in [3.8, 4) is 0 Å². The lowest BCUT2D eigenvalue weighted by atomic mass is 9.84. The number of hydrogen-bond donors (Lipinski definition) is 7. The van der Waals surface area contributed by atoms with Crippen LogP contribution in [-0.2, 0) is 20.7 Å². The van der Waals surface area contributed by atoms with Gasteiger partial charge in [-0.3, -0.25) is 25.3 Å². The summed E-state index contributed by atoms with van der Waals surface area (Å²) in [5.41, 5.74) is -2.16. The molecule has 0 aliphatic carbocycles. The van der Waals surface area contributed by atoms with Crippen LogP contribution in [-0.4, -0.2) is 117 Å². The van der Waals surface area contributed by atoms with Gasteiger partial charge in [0.25, 0.3) is 0 Å². The molecule has 214 valence electrons. The predicted molar refractivity (Wildman–Crippen MR) is 140 cm³/mol. The topological polar surface area (TPSA) is 194 Å². The maximum Gasteiger partial charge on any atom is 0.410 e. The molecule has 7 N–H and O–H groups in total. The number of carbonyl (C=O) groups is 3. The van der Waals surface area contributed by atoms with E-state index in [2.05, 4.69) is 28.1 Å². The zero-order valence-electron chi connectivity index (χ0n) is 21.9. The van der Waals surface area contributed by atoms with E-state index in [1.54, 1.807) is 4.90 Å². The molecular weight excluding hydrogens is 520 g/mol. The summed E-state index contributed by atoms with van der Waals surface area (Å²) in [4.78, 5) is 42.1. The smallest absolute Gasteiger partial charge is 0.410 e. The summed E-state index contributed by atoms with van der Waals surface area (Å²) in [6.07, 6.45) is -0.388. The van der Waals surface area contributed by atoms with Gasteiger partial charge >= 0.3 is 6.09 Å². The molecule has 0 radical (unpaired) electrons. The van der Waals surface area contributed by atoms with Crippen molar-refractivity contribution in [3.05, 3.63) is 35.9 Å². The van der Waals surface area contributed by atoms with E-state index in [1.165, 1.54) is 10.5 Å². The van der Waals surface area contributed by atoms with Gasteiger partial charge in [0.1, 0.15) is 6.10 Å². The van der Waals surface area contributed by atoms with Crippen molar-refractivity contribution in [3.63, 3.8) is 0 Å². The van der Waals surface area contributed by atoms with Gasteiger partial charge in [-0.25, -0.2) is 4.79 Å². The maximum absolute atomic E-state index is 13.4. The second-order valence-electron chi connectivity index (χ2n) is 11.3. The average Bonchev–Trinajstić information content (AvgIpc) is 3.68. The van der Waals surface area contributed by atoms with Crippen molar-refractivity contribution in [1.29, 1.82) is 10.8 Å². The molecule has 5 fully saturated rings. The molecule has 14 heteroatoms. The Labute approximate surface area is 230 Å². The number of nitrogens with one attached hydrogen (secondary N) is 5. The molecule has 5 aliphatic heterocycles. The average molecular weight is 555 g/mol. The van der Waals surface area contributed by atoms with E-state index in [0.29, 0.717) is 13.1 Å². The summed E-state index contributed by atoms with van der Waals surface area (Å²) in [6.45, 7) is -0.0478. The Balaban J connectivity index is 1.21. The highest BCUT2D eigenvalue weighted by molar-refractivity contribution is 6.02. The highest BCUT2D eigenvalue weighted by Crippen LogP contribution is 2.44. The molecule has 0 aromatic heterocycles. The number of imide groups is 1. The van der Waals surface area contributed by atoms with E-state index >= 15 is 0 Å². The lowest BCUT2D eigenvalue weighted by molar-refractivity contribution is -0.139. The molecule has 14 nitrogen and oxygen atoms in total. The number of likely N-dealkylation sites (tertiary alicyclic amines) is 2. The molecule has 1 spiro atoms. The molecule has 5 aliphatic rings. The van der Waals surface area contributed by atoms with Gasteiger partial charge in [0, 0.05) is 25.9 Å². The van der Waals surface area contributed by atoms with Crippen LogP contribution in [0.15, 0.2) is 30.3 Å². The monoisotopic (exact) mass is 554 g/mol. The lowest BCUT2D eigenvalue weighted by Crippen LogP contribution is -2.78. The first-order valence-corrected chi connectivity index (χ1v) is 13.6. The quantitative estimate of drug-likeness (QED) is 0.200. The van der Waals surface area contributed by atoms with Crippen LogP contribution in [0, 0.1) is 16.7 Å². The Morgan fingerprint density at radius 2 is 1.85 bits per heavy atom. The van der Waals surface area contributed by atoms with Crippen molar-refractivity contribution < 1.29 is 29.3 Å². The van der Waals surface area contributed by atoms with Crippen LogP contribution in [0.1, 0.15) is 24.8 Å². The Kier molecular flexibility index (Phi) is 6.33. The van der Waals surface area contributed by atoms with Crippen molar-refractivity contribution in [2.75, 3.05) is 32.8 Å². The second kappa shape index (κ2) is 9.63. The van der Waals surface area contributed by atoms with Gasteiger partial charge in [-0.15, -0.1) is 0 Å². The molecule has 1 aromatic carbocycles. The van der Waals surface area contributed by atoms with E-state index in [4.69, 9.17) is 15.6 Å². The van der Waals surface area contributed by atoms with Gasteiger partial charge in [0.15, 0.2) is 23.2 Å². The maximum atomic E-state index is 13.4. The van der Waals surface area contributed by atoms with Gasteiger partial charge in [-0.1, -0.05) is 30.3 Å². The number of ether oxygens (including phenoxy) is 1. The van der Waals surface area contributed by atoms with Crippen LogP contribution >= 0.6 is 0 Å². The minimum absolute atomic E-state index is 0.0719. The number of aliphatic hydroxyl groups excluding tert-OH is 2. The summed E-state index contributed by atoms with van der Waals surface area (Å²) in [5, 5.41) is 48.2. The number of carbonyl (C=O) groups excluding carboxylic acids is 3. The number of hydrogen-bond acceptors (Lipinski definition) is 8. The van der Waals surface area contributed by atoms with E-state index in [-0.39, 0.29) is 55.6 Å². The first kappa shape index (κ1) is 26.3. The summed E-state index contributed by atoms with van der Waals surface area (Å²) in [5.74, 6) is -0.690. The third-order valence-electron chi connectivity index (χ3n) is 8.88. The number of nitrogens with zero attached hydrogens (tertiary/aromatic N) is 3. The van der Waals surface area contributed by atoms with Gasteiger partial charge < -0.3 is 40.7 Å². The molecule has 6 atom stereocenters.